The van der Waals surface area contributed by atoms with Crippen LogP contribution in [0, 0.1) is 5.41 Å². The summed E-state index contributed by atoms with van der Waals surface area (Å²) in [5.41, 5.74) is 4.26. The Morgan fingerprint density at radius 1 is 1.69 bits per heavy atom. The summed E-state index contributed by atoms with van der Waals surface area (Å²) in [5.74, 6) is -3.30. The molecule has 1 rings (SSSR count). The average Bonchev–Trinajstić information content (AvgIpc) is 2.48. The number of carbonyl (C=O) groups excluding carboxylic acids is 1. The van der Waals surface area contributed by atoms with Crippen LogP contribution in [0.3, 0.4) is 0 Å². The monoisotopic (exact) mass is 193 g/mol. The van der Waals surface area contributed by atoms with Crippen molar-refractivity contribution in [2.24, 2.45) is 11.1 Å². The van der Waals surface area contributed by atoms with Crippen LogP contribution in [-0.4, -0.2) is 25.0 Å². The zero-order chi connectivity index (χ0) is 10.3. The van der Waals surface area contributed by atoms with Crippen LogP contribution in [0.1, 0.15) is 19.8 Å². The minimum absolute atomic E-state index is 0.0212. The van der Waals surface area contributed by atoms with Crippen LogP contribution < -0.4 is 5.73 Å². The molecule has 13 heavy (non-hydrogen) atoms. The fourth-order valence-corrected chi connectivity index (χ4v) is 1.39. The standard InChI is InChI=1S/C8H13F2NO2/c1-7(4-8(7,9)10)3-5(11)6(12)13-2/h5H,3-4,11H2,1-2H3. The van der Waals surface area contributed by atoms with Gasteiger partial charge in [-0.3, -0.25) is 4.79 Å². The first-order valence-electron chi connectivity index (χ1n) is 4.04. The molecule has 1 aliphatic rings. The van der Waals surface area contributed by atoms with E-state index in [2.05, 4.69) is 4.74 Å². The highest BCUT2D eigenvalue weighted by Gasteiger charge is 2.68. The molecule has 0 radical (unpaired) electrons. The number of halogens is 2. The number of alkyl halides is 2. The van der Waals surface area contributed by atoms with E-state index in [9.17, 15) is 13.6 Å². The lowest BCUT2D eigenvalue weighted by atomic mass is 9.99. The maximum atomic E-state index is 12.7. The summed E-state index contributed by atoms with van der Waals surface area (Å²) in [6.07, 6.45) is -0.211. The van der Waals surface area contributed by atoms with Crippen LogP contribution in [0.2, 0.25) is 0 Å². The molecule has 1 fully saturated rings. The predicted molar refractivity (Wildman–Crippen MR) is 42.3 cm³/mol. The minimum Gasteiger partial charge on any atom is -0.468 e. The van der Waals surface area contributed by atoms with Gasteiger partial charge in [0, 0.05) is 11.8 Å². The van der Waals surface area contributed by atoms with Gasteiger partial charge in [0.05, 0.1) is 7.11 Å². The zero-order valence-electron chi connectivity index (χ0n) is 7.64. The Bertz CT molecular complexity index is 232. The van der Waals surface area contributed by atoms with E-state index in [0.717, 1.165) is 0 Å². The summed E-state index contributed by atoms with van der Waals surface area (Å²) >= 11 is 0. The Balaban J connectivity index is 2.47. The predicted octanol–water partition coefficient (Wildman–Crippen LogP) is 0.922. The van der Waals surface area contributed by atoms with E-state index in [0.29, 0.717) is 0 Å². The van der Waals surface area contributed by atoms with Crippen LogP contribution in [0.25, 0.3) is 0 Å². The number of carbonyl (C=O) groups is 1. The van der Waals surface area contributed by atoms with Crippen LogP contribution >= 0.6 is 0 Å². The van der Waals surface area contributed by atoms with Crippen LogP contribution in [0.15, 0.2) is 0 Å². The molecule has 2 unspecified atom stereocenters. The first-order valence-corrected chi connectivity index (χ1v) is 4.04. The summed E-state index contributed by atoms with van der Waals surface area (Å²) in [6.45, 7) is 1.43. The van der Waals surface area contributed by atoms with Crippen molar-refractivity contribution in [3.05, 3.63) is 0 Å². The second kappa shape index (κ2) is 2.90. The smallest absolute Gasteiger partial charge is 0.322 e. The van der Waals surface area contributed by atoms with Crippen LogP contribution in [-0.2, 0) is 9.53 Å². The third-order valence-electron chi connectivity index (χ3n) is 2.54. The molecule has 0 aliphatic heterocycles. The third-order valence-corrected chi connectivity index (χ3v) is 2.54. The Labute approximate surface area is 75.2 Å². The summed E-state index contributed by atoms with van der Waals surface area (Å²) in [4.78, 5) is 10.8. The molecule has 0 saturated heterocycles. The van der Waals surface area contributed by atoms with Gasteiger partial charge in [0.2, 0.25) is 0 Å². The maximum Gasteiger partial charge on any atom is 0.322 e. The molecule has 0 amide bonds. The van der Waals surface area contributed by atoms with E-state index in [1.54, 1.807) is 0 Å². The number of ether oxygens (including phenoxy) is 1. The van der Waals surface area contributed by atoms with E-state index in [1.165, 1.54) is 14.0 Å². The molecule has 1 aliphatic carbocycles. The molecule has 0 spiro atoms. The molecule has 0 aromatic heterocycles. The first-order chi connectivity index (χ1) is 5.82. The molecule has 0 heterocycles. The number of nitrogens with two attached hydrogens (primary N) is 1. The number of hydrogen-bond acceptors (Lipinski definition) is 3. The van der Waals surface area contributed by atoms with E-state index < -0.39 is 23.3 Å². The summed E-state index contributed by atoms with van der Waals surface area (Å²) in [7, 11) is 1.19. The van der Waals surface area contributed by atoms with Crippen LogP contribution in [0.4, 0.5) is 8.78 Å². The van der Waals surface area contributed by atoms with E-state index in [1.807, 2.05) is 0 Å². The summed E-state index contributed by atoms with van der Waals surface area (Å²) in [6, 6.07) is -0.941. The van der Waals surface area contributed by atoms with Crippen molar-refractivity contribution in [2.75, 3.05) is 7.11 Å². The SMILES string of the molecule is COC(=O)C(N)CC1(C)CC1(F)F. The fourth-order valence-electron chi connectivity index (χ4n) is 1.39. The van der Waals surface area contributed by atoms with Gasteiger partial charge in [-0.1, -0.05) is 6.92 Å². The fraction of sp³-hybridized carbons (Fsp3) is 0.875. The average molecular weight is 193 g/mol. The summed E-state index contributed by atoms with van der Waals surface area (Å²) < 4.78 is 29.7. The van der Waals surface area contributed by atoms with Gasteiger partial charge in [-0.25, -0.2) is 8.78 Å². The minimum atomic E-state index is -2.67. The molecule has 0 aromatic rings. The topological polar surface area (TPSA) is 52.3 Å². The molecule has 1 saturated carbocycles. The van der Waals surface area contributed by atoms with Crippen molar-refractivity contribution in [1.29, 1.82) is 0 Å². The number of rotatable bonds is 3. The van der Waals surface area contributed by atoms with Crippen molar-refractivity contribution in [3.63, 3.8) is 0 Å². The molecule has 3 nitrogen and oxygen atoms in total. The molecule has 76 valence electrons. The highest BCUT2D eigenvalue weighted by Crippen LogP contribution is 2.62. The Hall–Kier alpha value is -0.710. The molecule has 2 atom stereocenters. The number of methoxy groups -OCH3 is 1. The maximum absolute atomic E-state index is 12.7. The quantitative estimate of drug-likeness (QED) is 0.678. The molecule has 0 aromatic carbocycles. The number of esters is 1. The molecule has 2 N–H and O–H groups in total. The largest absolute Gasteiger partial charge is 0.468 e. The molecule has 0 bridgehead atoms. The molecular weight excluding hydrogens is 180 g/mol. The lowest BCUT2D eigenvalue weighted by Crippen LogP contribution is -2.34. The van der Waals surface area contributed by atoms with Crippen molar-refractivity contribution in [1.82, 2.24) is 0 Å². The van der Waals surface area contributed by atoms with Crippen molar-refractivity contribution >= 4 is 5.97 Å². The van der Waals surface area contributed by atoms with Gasteiger partial charge >= 0.3 is 5.97 Å². The Morgan fingerprint density at radius 3 is 2.46 bits per heavy atom. The van der Waals surface area contributed by atoms with E-state index in [-0.39, 0.29) is 12.8 Å². The highest BCUT2D eigenvalue weighted by atomic mass is 19.3. The lowest BCUT2D eigenvalue weighted by Gasteiger charge is -2.14. The van der Waals surface area contributed by atoms with Gasteiger partial charge in [-0.15, -0.1) is 0 Å². The van der Waals surface area contributed by atoms with Gasteiger partial charge < -0.3 is 10.5 Å². The normalized spacial score (nSPS) is 32.4. The third kappa shape index (κ3) is 1.80. The Kier molecular flexibility index (Phi) is 2.32. The van der Waals surface area contributed by atoms with Gasteiger partial charge in [-0.05, 0) is 6.42 Å². The van der Waals surface area contributed by atoms with Crippen molar-refractivity contribution in [2.45, 2.75) is 31.7 Å². The second-order valence-corrected chi connectivity index (χ2v) is 3.78. The van der Waals surface area contributed by atoms with Crippen molar-refractivity contribution < 1.29 is 18.3 Å². The second-order valence-electron chi connectivity index (χ2n) is 3.78. The van der Waals surface area contributed by atoms with Gasteiger partial charge in [0.1, 0.15) is 6.04 Å². The molecular formula is C8H13F2NO2. The summed E-state index contributed by atoms with van der Waals surface area (Å²) in [5, 5.41) is 0. The lowest BCUT2D eigenvalue weighted by molar-refractivity contribution is -0.142. The zero-order valence-corrected chi connectivity index (χ0v) is 7.64. The van der Waals surface area contributed by atoms with Gasteiger partial charge in [0.25, 0.3) is 5.92 Å². The van der Waals surface area contributed by atoms with Gasteiger partial charge in [0.15, 0.2) is 0 Å². The number of hydrogen-bond donors (Lipinski definition) is 1. The first kappa shape index (κ1) is 10.4. The van der Waals surface area contributed by atoms with E-state index >= 15 is 0 Å². The highest BCUT2D eigenvalue weighted by molar-refractivity contribution is 5.75. The van der Waals surface area contributed by atoms with Gasteiger partial charge in [-0.2, -0.15) is 0 Å². The Morgan fingerprint density at radius 2 is 2.15 bits per heavy atom. The van der Waals surface area contributed by atoms with Crippen molar-refractivity contribution in [3.8, 4) is 0 Å². The van der Waals surface area contributed by atoms with E-state index in [4.69, 9.17) is 5.73 Å². The molecule has 5 heteroatoms. The van der Waals surface area contributed by atoms with Crippen LogP contribution in [0.5, 0.6) is 0 Å².